The summed E-state index contributed by atoms with van der Waals surface area (Å²) in [4.78, 5) is 16.8. The predicted molar refractivity (Wildman–Crippen MR) is 46.2 cm³/mol. The molecule has 0 aliphatic carbocycles. The Bertz CT molecular complexity index is 201. The summed E-state index contributed by atoms with van der Waals surface area (Å²) in [5, 5.41) is 0. The fourth-order valence-electron chi connectivity index (χ4n) is 1.40. The predicted octanol–water partition coefficient (Wildman–Crippen LogP) is 1.05. The minimum Gasteiger partial charge on any atom is -0.375 e. The molecule has 1 heterocycles. The molecule has 0 amide bonds. The van der Waals surface area contributed by atoms with Gasteiger partial charge in [0, 0.05) is 0 Å². The highest BCUT2D eigenvalue weighted by molar-refractivity contribution is 7.46. The topological polar surface area (TPSA) is 76.0 Å². The van der Waals surface area contributed by atoms with Crippen LogP contribution in [-0.2, 0) is 13.8 Å². The smallest absolute Gasteiger partial charge is 0.375 e. The van der Waals surface area contributed by atoms with E-state index in [-0.39, 0.29) is 18.8 Å². The molecule has 1 fully saturated rings. The van der Waals surface area contributed by atoms with E-state index in [9.17, 15) is 4.57 Å². The van der Waals surface area contributed by atoms with Crippen LogP contribution in [0.4, 0.5) is 0 Å². The van der Waals surface area contributed by atoms with Crippen molar-refractivity contribution >= 4 is 7.82 Å². The number of hydrogen-bond donors (Lipinski definition) is 2. The molecule has 78 valence electrons. The van der Waals surface area contributed by atoms with Gasteiger partial charge in [-0.1, -0.05) is 0 Å². The fraction of sp³-hybridized carbons (Fsp3) is 1.00. The molecule has 0 radical (unpaired) electrons. The Morgan fingerprint density at radius 1 is 1.54 bits per heavy atom. The van der Waals surface area contributed by atoms with Crippen LogP contribution in [-0.4, -0.2) is 28.6 Å². The van der Waals surface area contributed by atoms with Gasteiger partial charge in [-0.25, -0.2) is 4.57 Å². The molecule has 2 N–H and O–H groups in total. The molecule has 13 heavy (non-hydrogen) atoms. The van der Waals surface area contributed by atoms with Gasteiger partial charge in [-0.3, -0.25) is 4.52 Å². The average molecular weight is 210 g/mol. The number of ether oxygens (including phenoxy) is 1. The lowest BCUT2D eigenvalue weighted by Gasteiger charge is -2.11. The summed E-state index contributed by atoms with van der Waals surface area (Å²) in [6.45, 7) is 2.05. The molecule has 1 saturated heterocycles. The highest BCUT2D eigenvalue weighted by Crippen LogP contribution is 2.36. The van der Waals surface area contributed by atoms with Gasteiger partial charge in [0.1, 0.15) is 0 Å². The van der Waals surface area contributed by atoms with Crippen LogP contribution in [0.3, 0.4) is 0 Å². The third-order valence-corrected chi connectivity index (χ3v) is 2.54. The second-order valence-corrected chi connectivity index (χ2v) is 4.50. The molecule has 1 aliphatic heterocycles. The number of rotatable bonds is 4. The first-order valence-corrected chi connectivity index (χ1v) is 5.86. The maximum absolute atomic E-state index is 10.3. The van der Waals surface area contributed by atoms with E-state index >= 15 is 0 Å². The van der Waals surface area contributed by atoms with Crippen LogP contribution in [0.1, 0.15) is 26.2 Å². The zero-order valence-electron chi connectivity index (χ0n) is 7.55. The van der Waals surface area contributed by atoms with Crippen molar-refractivity contribution in [1.82, 2.24) is 0 Å². The van der Waals surface area contributed by atoms with Gasteiger partial charge in [0.2, 0.25) is 0 Å². The Labute approximate surface area is 77.3 Å². The van der Waals surface area contributed by atoms with Crippen molar-refractivity contribution < 1.29 is 23.6 Å². The highest BCUT2D eigenvalue weighted by atomic mass is 31.2. The third kappa shape index (κ3) is 4.74. The normalized spacial score (nSPS) is 29.5. The van der Waals surface area contributed by atoms with Crippen LogP contribution in [0.15, 0.2) is 0 Å². The van der Waals surface area contributed by atoms with Crippen molar-refractivity contribution in [2.45, 2.75) is 38.4 Å². The van der Waals surface area contributed by atoms with Crippen molar-refractivity contribution in [3.05, 3.63) is 0 Å². The van der Waals surface area contributed by atoms with Crippen LogP contribution in [0.2, 0.25) is 0 Å². The standard InChI is InChI=1S/C7H15O5P/c1-6-2-3-7(12-6)4-5-11-13(8,9)10/h6-7H,2-5H2,1H3,(H2,8,9,10)/t6-,7-/m0/s1. The molecule has 6 heteroatoms. The summed E-state index contributed by atoms with van der Waals surface area (Å²) in [7, 11) is -4.29. The molecule has 0 unspecified atom stereocenters. The monoisotopic (exact) mass is 210 g/mol. The van der Waals surface area contributed by atoms with Gasteiger partial charge in [0.05, 0.1) is 18.8 Å². The van der Waals surface area contributed by atoms with Gasteiger partial charge in [-0.2, -0.15) is 0 Å². The van der Waals surface area contributed by atoms with E-state index < -0.39 is 7.82 Å². The van der Waals surface area contributed by atoms with E-state index in [1.54, 1.807) is 0 Å². The van der Waals surface area contributed by atoms with Crippen molar-refractivity contribution in [3.8, 4) is 0 Å². The van der Waals surface area contributed by atoms with Gasteiger partial charge >= 0.3 is 7.82 Å². The van der Waals surface area contributed by atoms with Gasteiger partial charge in [-0.15, -0.1) is 0 Å². The van der Waals surface area contributed by atoms with Crippen LogP contribution < -0.4 is 0 Å². The second kappa shape index (κ2) is 4.53. The first-order chi connectivity index (χ1) is 5.97. The Kier molecular flexibility index (Phi) is 3.88. The maximum Gasteiger partial charge on any atom is 0.469 e. The van der Waals surface area contributed by atoms with Crippen LogP contribution in [0.5, 0.6) is 0 Å². The molecule has 2 atom stereocenters. The summed E-state index contributed by atoms with van der Waals surface area (Å²) in [6, 6.07) is 0. The van der Waals surface area contributed by atoms with Crippen molar-refractivity contribution in [3.63, 3.8) is 0 Å². The first kappa shape index (κ1) is 11.1. The van der Waals surface area contributed by atoms with Crippen LogP contribution in [0, 0.1) is 0 Å². The quantitative estimate of drug-likeness (QED) is 0.678. The lowest BCUT2D eigenvalue weighted by atomic mass is 10.2. The van der Waals surface area contributed by atoms with Gasteiger partial charge in [-0.05, 0) is 26.2 Å². The largest absolute Gasteiger partial charge is 0.469 e. The maximum atomic E-state index is 10.3. The van der Waals surface area contributed by atoms with Crippen LogP contribution >= 0.6 is 7.82 Å². The molecule has 0 aromatic rings. The Hall–Kier alpha value is 0.0700. The van der Waals surface area contributed by atoms with Gasteiger partial charge in [0.25, 0.3) is 0 Å². The Balaban J connectivity index is 2.10. The molecule has 1 aliphatic rings. The van der Waals surface area contributed by atoms with Crippen LogP contribution in [0.25, 0.3) is 0 Å². The SMILES string of the molecule is C[C@H]1CC[C@@H](CCOP(=O)(O)O)O1. The Morgan fingerprint density at radius 2 is 2.23 bits per heavy atom. The average Bonchev–Trinajstić information content (AvgIpc) is 2.33. The van der Waals surface area contributed by atoms with Gasteiger partial charge < -0.3 is 14.5 Å². The summed E-state index contributed by atoms with van der Waals surface area (Å²) >= 11 is 0. The van der Waals surface area contributed by atoms with E-state index in [1.807, 2.05) is 6.92 Å². The fourth-order valence-corrected chi connectivity index (χ4v) is 1.74. The number of hydrogen-bond acceptors (Lipinski definition) is 3. The van der Waals surface area contributed by atoms with E-state index in [1.165, 1.54) is 0 Å². The molecule has 5 nitrogen and oxygen atoms in total. The molecule has 0 bridgehead atoms. The molecule has 1 rings (SSSR count). The minimum atomic E-state index is -4.29. The lowest BCUT2D eigenvalue weighted by molar-refractivity contribution is 0.0399. The van der Waals surface area contributed by atoms with Gasteiger partial charge in [0.15, 0.2) is 0 Å². The van der Waals surface area contributed by atoms with E-state index in [2.05, 4.69) is 4.52 Å². The number of phosphoric acid groups is 1. The summed E-state index contributed by atoms with van der Waals surface area (Å²) in [6.07, 6.45) is 2.88. The summed E-state index contributed by atoms with van der Waals surface area (Å²) < 4.78 is 20.1. The van der Waals surface area contributed by atoms with E-state index in [0.717, 1.165) is 12.8 Å². The third-order valence-electron chi connectivity index (χ3n) is 2.02. The summed E-state index contributed by atoms with van der Waals surface area (Å²) in [5.74, 6) is 0. The zero-order chi connectivity index (χ0) is 9.90. The van der Waals surface area contributed by atoms with Crippen molar-refractivity contribution in [2.75, 3.05) is 6.61 Å². The first-order valence-electron chi connectivity index (χ1n) is 4.33. The Morgan fingerprint density at radius 3 is 2.69 bits per heavy atom. The molecular formula is C7H15O5P. The number of phosphoric ester groups is 1. The zero-order valence-corrected chi connectivity index (χ0v) is 8.44. The molecule has 0 aromatic heterocycles. The van der Waals surface area contributed by atoms with E-state index in [0.29, 0.717) is 6.42 Å². The van der Waals surface area contributed by atoms with E-state index in [4.69, 9.17) is 14.5 Å². The highest BCUT2D eigenvalue weighted by Gasteiger charge is 2.22. The summed E-state index contributed by atoms with van der Waals surface area (Å²) in [5.41, 5.74) is 0. The lowest BCUT2D eigenvalue weighted by Crippen LogP contribution is -2.10. The minimum absolute atomic E-state index is 0.0572. The molecule has 0 aromatic carbocycles. The van der Waals surface area contributed by atoms with Crippen molar-refractivity contribution in [1.29, 1.82) is 0 Å². The molecule has 0 spiro atoms. The molecular weight excluding hydrogens is 195 g/mol. The van der Waals surface area contributed by atoms with Crippen molar-refractivity contribution in [2.24, 2.45) is 0 Å². The molecule has 0 saturated carbocycles. The second-order valence-electron chi connectivity index (χ2n) is 3.26.